The fourth-order valence-corrected chi connectivity index (χ4v) is 2.13. The Kier molecular flexibility index (Phi) is 5.12. The average Bonchev–Trinajstić information content (AvgIpc) is 2.52. The van der Waals surface area contributed by atoms with E-state index in [0.29, 0.717) is 5.92 Å². The highest BCUT2D eigenvalue weighted by atomic mass is 32.1. The number of thiazole rings is 1. The summed E-state index contributed by atoms with van der Waals surface area (Å²) in [5, 5.41) is 3.42. The van der Waals surface area contributed by atoms with Crippen LogP contribution in [0.5, 0.6) is 0 Å². The Hall–Kier alpha value is -0.410. The normalized spacial score (nSPS) is 11.1. The number of rotatable bonds is 6. The van der Waals surface area contributed by atoms with Crippen LogP contribution in [0.3, 0.4) is 0 Å². The summed E-state index contributed by atoms with van der Waals surface area (Å²) in [5.74, 6) is 0.696. The summed E-state index contributed by atoms with van der Waals surface area (Å²) in [5.41, 5.74) is 3.24. The molecule has 1 aromatic rings. The summed E-state index contributed by atoms with van der Waals surface area (Å²) in [6, 6.07) is 0. The van der Waals surface area contributed by atoms with Crippen molar-refractivity contribution in [1.82, 2.24) is 10.3 Å². The van der Waals surface area contributed by atoms with Crippen LogP contribution in [0.4, 0.5) is 0 Å². The van der Waals surface area contributed by atoms with Gasteiger partial charge in [-0.3, -0.25) is 0 Å². The zero-order valence-corrected chi connectivity index (χ0v) is 10.2. The second-order valence-corrected chi connectivity index (χ2v) is 4.94. The lowest BCUT2D eigenvalue weighted by molar-refractivity contribution is 0.623. The molecule has 1 rings (SSSR count). The molecule has 0 spiro atoms. The molecule has 1 heterocycles. The van der Waals surface area contributed by atoms with E-state index in [4.69, 9.17) is 0 Å². The van der Waals surface area contributed by atoms with Crippen LogP contribution in [0, 0.1) is 5.92 Å². The van der Waals surface area contributed by atoms with Gasteiger partial charge >= 0.3 is 0 Å². The van der Waals surface area contributed by atoms with Crippen molar-refractivity contribution in [2.75, 3.05) is 6.54 Å². The Morgan fingerprint density at radius 2 is 2.29 bits per heavy atom. The Morgan fingerprint density at radius 1 is 1.50 bits per heavy atom. The molecule has 1 N–H and O–H groups in total. The zero-order chi connectivity index (χ0) is 10.4. The van der Waals surface area contributed by atoms with Crippen molar-refractivity contribution in [3.63, 3.8) is 0 Å². The quantitative estimate of drug-likeness (QED) is 0.733. The van der Waals surface area contributed by atoms with E-state index in [2.05, 4.69) is 31.1 Å². The Bertz CT molecular complexity index is 256. The van der Waals surface area contributed by atoms with Gasteiger partial charge in [0.05, 0.1) is 11.2 Å². The minimum absolute atomic E-state index is 0.696. The van der Waals surface area contributed by atoms with Gasteiger partial charge in [-0.2, -0.15) is 0 Å². The third kappa shape index (κ3) is 3.76. The zero-order valence-electron chi connectivity index (χ0n) is 9.34. The van der Waals surface area contributed by atoms with E-state index in [-0.39, 0.29) is 0 Å². The highest BCUT2D eigenvalue weighted by molar-refractivity contribution is 7.09. The lowest BCUT2D eigenvalue weighted by atomic mass is 10.1. The van der Waals surface area contributed by atoms with E-state index < -0.39 is 0 Å². The first-order valence-corrected chi connectivity index (χ1v) is 6.24. The number of nitrogens with one attached hydrogen (secondary N) is 1. The van der Waals surface area contributed by atoms with Gasteiger partial charge in [-0.05, 0) is 25.3 Å². The van der Waals surface area contributed by atoms with Gasteiger partial charge in [-0.1, -0.05) is 20.8 Å². The molecule has 0 aliphatic heterocycles. The molecule has 0 bridgehead atoms. The number of nitrogens with zero attached hydrogens (tertiary/aromatic N) is 1. The third-order valence-corrected chi connectivity index (χ3v) is 2.91. The minimum Gasteiger partial charge on any atom is -0.312 e. The summed E-state index contributed by atoms with van der Waals surface area (Å²) < 4.78 is 0. The molecule has 0 saturated carbocycles. The van der Waals surface area contributed by atoms with E-state index in [1.54, 1.807) is 11.3 Å². The van der Waals surface area contributed by atoms with Crippen LogP contribution < -0.4 is 5.32 Å². The van der Waals surface area contributed by atoms with E-state index in [0.717, 1.165) is 19.5 Å². The van der Waals surface area contributed by atoms with Crippen LogP contribution in [0.2, 0.25) is 0 Å². The predicted octanol–water partition coefficient (Wildman–Crippen LogP) is 2.84. The van der Waals surface area contributed by atoms with Crippen LogP contribution in [-0.4, -0.2) is 11.5 Å². The van der Waals surface area contributed by atoms with Crippen LogP contribution in [0.1, 0.15) is 37.8 Å². The van der Waals surface area contributed by atoms with E-state index in [9.17, 15) is 0 Å². The van der Waals surface area contributed by atoms with Crippen molar-refractivity contribution in [2.45, 2.75) is 40.2 Å². The smallest absolute Gasteiger partial charge is 0.0798 e. The summed E-state index contributed by atoms with van der Waals surface area (Å²) in [6.07, 6.45) is 2.30. The van der Waals surface area contributed by atoms with Crippen molar-refractivity contribution < 1.29 is 0 Å². The van der Waals surface area contributed by atoms with Crippen LogP contribution in [-0.2, 0) is 13.0 Å². The second kappa shape index (κ2) is 6.14. The van der Waals surface area contributed by atoms with E-state index in [1.165, 1.54) is 17.0 Å². The first-order chi connectivity index (χ1) is 6.74. The number of aromatic nitrogens is 1. The Balaban J connectivity index is 2.45. The largest absolute Gasteiger partial charge is 0.312 e. The van der Waals surface area contributed by atoms with E-state index >= 15 is 0 Å². The molecular weight excluding hydrogens is 192 g/mol. The Morgan fingerprint density at radius 3 is 2.93 bits per heavy atom. The molecule has 80 valence electrons. The number of hydrogen-bond donors (Lipinski definition) is 1. The van der Waals surface area contributed by atoms with Crippen molar-refractivity contribution in [3.05, 3.63) is 16.1 Å². The first-order valence-electron chi connectivity index (χ1n) is 5.36. The average molecular weight is 212 g/mol. The van der Waals surface area contributed by atoms with Crippen molar-refractivity contribution >= 4 is 11.3 Å². The van der Waals surface area contributed by atoms with Gasteiger partial charge in [0.15, 0.2) is 0 Å². The van der Waals surface area contributed by atoms with Gasteiger partial charge in [0.25, 0.3) is 0 Å². The summed E-state index contributed by atoms with van der Waals surface area (Å²) >= 11 is 1.77. The summed E-state index contributed by atoms with van der Waals surface area (Å²) in [7, 11) is 0. The molecule has 2 nitrogen and oxygen atoms in total. The predicted molar refractivity (Wildman–Crippen MR) is 62.7 cm³/mol. The fraction of sp³-hybridized carbons (Fsp3) is 0.727. The highest BCUT2D eigenvalue weighted by Crippen LogP contribution is 2.16. The van der Waals surface area contributed by atoms with Gasteiger partial charge in [0.1, 0.15) is 0 Å². The summed E-state index contributed by atoms with van der Waals surface area (Å²) in [4.78, 5) is 5.82. The molecule has 0 aromatic carbocycles. The SMILES string of the molecule is CCCNCc1scnc1CC(C)C. The molecule has 0 fully saturated rings. The topological polar surface area (TPSA) is 24.9 Å². The molecule has 0 saturated heterocycles. The molecule has 0 unspecified atom stereocenters. The highest BCUT2D eigenvalue weighted by Gasteiger charge is 2.07. The van der Waals surface area contributed by atoms with Crippen molar-refractivity contribution in [3.8, 4) is 0 Å². The number of hydrogen-bond acceptors (Lipinski definition) is 3. The lowest BCUT2D eigenvalue weighted by Crippen LogP contribution is -2.14. The first kappa shape index (κ1) is 11.7. The molecule has 0 aliphatic carbocycles. The molecule has 0 amide bonds. The van der Waals surface area contributed by atoms with Gasteiger partial charge in [-0.25, -0.2) is 4.98 Å². The molecule has 0 atom stereocenters. The molecule has 0 aliphatic rings. The van der Waals surface area contributed by atoms with Gasteiger partial charge < -0.3 is 5.32 Å². The minimum atomic E-state index is 0.696. The third-order valence-electron chi connectivity index (χ3n) is 2.04. The fourth-order valence-electron chi connectivity index (χ4n) is 1.37. The second-order valence-electron chi connectivity index (χ2n) is 4.00. The standard InChI is InChI=1S/C11H20N2S/c1-4-5-12-7-11-10(6-9(2)3)13-8-14-11/h8-9,12H,4-7H2,1-3H3. The monoisotopic (exact) mass is 212 g/mol. The van der Waals surface area contributed by atoms with Gasteiger partial charge in [0.2, 0.25) is 0 Å². The molecule has 1 aromatic heterocycles. The van der Waals surface area contributed by atoms with Crippen molar-refractivity contribution in [2.24, 2.45) is 5.92 Å². The lowest BCUT2D eigenvalue weighted by Gasteiger charge is -2.05. The summed E-state index contributed by atoms with van der Waals surface area (Å²) in [6.45, 7) is 8.75. The van der Waals surface area contributed by atoms with Gasteiger partial charge in [-0.15, -0.1) is 11.3 Å². The molecule has 3 heteroatoms. The maximum atomic E-state index is 4.41. The van der Waals surface area contributed by atoms with Crippen LogP contribution >= 0.6 is 11.3 Å². The Labute approximate surface area is 90.8 Å². The van der Waals surface area contributed by atoms with Crippen molar-refractivity contribution in [1.29, 1.82) is 0 Å². The van der Waals surface area contributed by atoms with E-state index in [1.807, 2.05) is 5.51 Å². The molecular formula is C11H20N2S. The molecule has 14 heavy (non-hydrogen) atoms. The van der Waals surface area contributed by atoms with Crippen LogP contribution in [0.25, 0.3) is 0 Å². The van der Waals surface area contributed by atoms with Crippen LogP contribution in [0.15, 0.2) is 5.51 Å². The maximum Gasteiger partial charge on any atom is 0.0798 e. The van der Waals surface area contributed by atoms with Gasteiger partial charge in [0, 0.05) is 11.4 Å². The molecule has 0 radical (unpaired) electrons. The maximum absolute atomic E-state index is 4.41.